The van der Waals surface area contributed by atoms with E-state index in [1.165, 1.54) is 38.2 Å². The van der Waals surface area contributed by atoms with Crippen molar-refractivity contribution in [1.82, 2.24) is 4.90 Å². The molecule has 0 radical (unpaired) electrons. The van der Waals surface area contributed by atoms with Gasteiger partial charge in [-0.25, -0.2) is 0 Å². The minimum absolute atomic E-state index is 0.754. The minimum Gasteiger partial charge on any atom is -0.330 e. The number of likely N-dealkylation sites (tertiary alicyclic amines) is 1. The number of hydrogen-bond acceptors (Lipinski definition) is 3. The number of nitrogens with zero attached hydrogens (tertiary/aromatic N) is 1. The molecule has 1 saturated heterocycles. The smallest absolute Gasteiger partial charge is 0.00161 e. The Labute approximate surface area is 92.6 Å². The summed E-state index contributed by atoms with van der Waals surface area (Å²) in [5.41, 5.74) is 5.83. The lowest BCUT2D eigenvalue weighted by Gasteiger charge is -2.35. The van der Waals surface area contributed by atoms with E-state index in [-0.39, 0.29) is 0 Å². The van der Waals surface area contributed by atoms with Crippen molar-refractivity contribution in [2.24, 2.45) is 17.6 Å². The van der Waals surface area contributed by atoms with Crippen LogP contribution < -0.4 is 5.73 Å². The van der Waals surface area contributed by atoms with E-state index in [0.717, 1.165) is 18.4 Å². The topological polar surface area (TPSA) is 29.3 Å². The van der Waals surface area contributed by atoms with Crippen LogP contribution in [0.25, 0.3) is 0 Å². The zero-order chi connectivity index (χ0) is 10.4. The third kappa shape index (κ3) is 3.44. The quantitative estimate of drug-likeness (QED) is 0.758. The van der Waals surface area contributed by atoms with Crippen molar-refractivity contribution >= 4 is 11.8 Å². The lowest BCUT2D eigenvalue weighted by molar-refractivity contribution is 0.162. The van der Waals surface area contributed by atoms with Crippen molar-refractivity contribution in [2.45, 2.75) is 19.8 Å². The first-order chi connectivity index (χ1) is 6.81. The van der Waals surface area contributed by atoms with Crippen LogP contribution in [-0.4, -0.2) is 43.1 Å². The molecule has 1 unspecified atom stereocenters. The Hall–Kier alpha value is 0.270. The van der Waals surface area contributed by atoms with Crippen molar-refractivity contribution in [3.63, 3.8) is 0 Å². The molecule has 2 nitrogen and oxygen atoms in total. The average Bonchev–Trinajstić information content (AvgIpc) is 2.26. The van der Waals surface area contributed by atoms with Crippen LogP contribution in [0.3, 0.4) is 0 Å². The lowest BCUT2D eigenvalue weighted by Crippen LogP contribution is -2.38. The molecule has 0 saturated carbocycles. The van der Waals surface area contributed by atoms with E-state index in [2.05, 4.69) is 18.1 Å². The highest BCUT2D eigenvalue weighted by atomic mass is 32.2. The Bertz CT molecular complexity index is 144. The van der Waals surface area contributed by atoms with Gasteiger partial charge in [-0.3, -0.25) is 0 Å². The number of thioether (sulfide) groups is 1. The van der Waals surface area contributed by atoms with Crippen LogP contribution in [-0.2, 0) is 0 Å². The second kappa shape index (κ2) is 6.70. The van der Waals surface area contributed by atoms with Crippen molar-refractivity contribution in [3.8, 4) is 0 Å². The fraction of sp³-hybridized carbons (Fsp3) is 1.00. The molecule has 2 N–H and O–H groups in total. The van der Waals surface area contributed by atoms with E-state index in [9.17, 15) is 0 Å². The van der Waals surface area contributed by atoms with Gasteiger partial charge in [0.1, 0.15) is 0 Å². The second-order valence-electron chi connectivity index (χ2n) is 4.22. The van der Waals surface area contributed by atoms with Gasteiger partial charge in [0.15, 0.2) is 0 Å². The van der Waals surface area contributed by atoms with Crippen LogP contribution in [0.1, 0.15) is 19.8 Å². The molecular weight excluding hydrogens is 192 g/mol. The fourth-order valence-electron chi connectivity index (χ4n) is 2.35. The van der Waals surface area contributed by atoms with Crippen LogP contribution in [0.4, 0.5) is 0 Å². The van der Waals surface area contributed by atoms with Gasteiger partial charge < -0.3 is 10.6 Å². The van der Waals surface area contributed by atoms with Crippen molar-refractivity contribution in [1.29, 1.82) is 0 Å². The van der Waals surface area contributed by atoms with Gasteiger partial charge in [-0.05, 0) is 62.9 Å². The molecule has 3 heteroatoms. The van der Waals surface area contributed by atoms with Crippen LogP contribution in [0.2, 0.25) is 0 Å². The SMILES string of the molecule is CCN1CCC(C(CN)CSC)CC1. The Kier molecular flexibility index (Phi) is 5.90. The molecule has 84 valence electrons. The fourth-order valence-corrected chi connectivity index (χ4v) is 3.19. The summed E-state index contributed by atoms with van der Waals surface area (Å²) in [6.45, 7) is 6.90. The zero-order valence-corrected chi connectivity index (χ0v) is 10.4. The summed E-state index contributed by atoms with van der Waals surface area (Å²) in [5.74, 6) is 2.88. The summed E-state index contributed by atoms with van der Waals surface area (Å²) in [7, 11) is 0. The van der Waals surface area contributed by atoms with Gasteiger partial charge in [-0.15, -0.1) is 0 Å². The van der Waals surface area contributed by atoms with E-state index >= 15 is 0 Å². The molecular formula is C11H24N2S. The van der Waals surface area contributed by atoms with Gasteiger partial charge in [-0.1, -0.05) is 6.92 Å². The van der Waals surface area contributed by atoms with Gasteiger partial charge in [0.25, 0.3) is 0 Å². The first-order valence-corrected chi connectivity index (χ1v) is 7.12. The highest BCUT2D eigenvalue weighted by Gasteiger charge is 2.24. The van der Waals surface area contributed by atoms with Crippen LogP contribution in [0, 0.1) is 11.8 Å². The summed E-state index contributed by atoms with van der Waals surface area (Å²) in [5, 5.41) is 0. The molecule has 0 amide bonds. The van der Waals surface area contributed by atoms with Gasteiger partial charge >= 0.3 is 0 Å². The van der Waals surface area contributed by atoms with Crippen molar-refractivity contribution in [2.75, 3.05) is 38.2 Å². The highest BCUT2D eigenvalue weighted by Crippen LogP contribution is 2.26. The summed E-state index contributed by atoms with van der Waals surface area (Å²) in [6, 6.07) is 0. The maximum Gasteiger partial charge on any atom is -0.00161 e. The maximum atomic E-state index is 5.83. The van der Waals surface area contributed by atoms with E-state index in [1.54, 1.807) is 0 Å². The van der Waals surface area contributed by atoms with Crippen molar-refractivity contribution in [3.05, 3.63) is 0 Å². The summed E-state index contributed by atoms with van der Waals surface area (Å²) in [4.78, 5) is 2.54. The van der Waals surface area contributed by atoms with E-state index in [1.807, 2.05) is 11.8 Å². The summed E-state index contributed by atoms with van der Waals surface area (Å²) in [6.07, 6.45) is 4.90. The number of rotatable bonds is 5. The zero-order valence-electron chi connectivity index (χ0n) is 9.54. The Morgan fingerprint density at radius 3 is 2.50 bits per heavy atom. The van der Waals surface area contributed by atoms with Gasteiger partial charge in [0.2, 0.25) is 0 Å². The largest absolute Gasteiger partial charge is 0.330 e. The molecule has 0 aromatic carbocycles. The molecule has 0 aromatic heterocycles. The highest BCUT2D eigenvalue weighted by molar-refractivity contribution is 7.98. The first kappa shape index (κ1) is 12.3. The monoisotopic (exact) mass is 216 g/mol. The number of hydrogen-bond donors (Lipinski definition) is 1. The predicted molar refractivity (Wildman–Crippen MR) is 65.8 cm³/mol. The average molecular weight is 216 g/mol. The third-order valence-corrected chi connectivity index (χ3v) is 4.19. The summed E-state index contributed by atoms with van der Waals surface area (Å²) < 4.78 is 0. The predicted octanol–water partition coefficient (Wildman–Crippen LogP) is 1.66. The molecule has 1 aliphatic heterocycles. The molecule has 1 fully saturated rings. The molecule has 14 heavy (non-hydrogen) atoms. The van der Waals surface area contributed by atoms with Gasteiger partial charge in [-0.2, -0.15) is 11.8 Å². The lowest BCUT2D eigenvalue weighted by atomic mass is 9.85. The number of piperidine rings is 1. The van der Waals surface area contributed by atoms with Gasteiger partial charge in [0.05, 0.1) is 0 Å². The molecule has 1 heterocycles. The van der Waals surface area contributed by atoms with Gasteiger partial charge in [0, 0.05) is 0 Å². The molecule has 0 bridgehead atoms. The van der Waals surface area contributed by atoms with E-state index < -0.39 is 0 Å². The molecule has 0 aliphatic carbocycles. The Balaban J connectivity index is 2.31. The molecule has 0 spiro atoms. The molecule has 0 aromatic rings. The maximum absolute atomic E-state index is 5.83. The Morgan fingerprint density at radius 2 is 2.07 bits per heavy atom. The van der Waals surface area contributed by atoms with Crippen molar-refractivity contribution < 1.29 is 0 Å². The molecule has 1 rings (SSSR count). The summed E-state index contributed by atoms with van der Waals surface area (Å²) >= 11 is 1.94. The normalized spacial score (nSPS) is 22.5. The standard InChI is InChI=1S/C11H24N2S/c1-3-13-6-4-10(5-7-13)11(8-12)9-14-2/h10-11H,3-9,12H2,1-2H3. The second-order valence-corrected chi connectivity index (χ2v) is 5.13. The van der Waals surface area contributed by atoms with Crippen LogP contribution >= 0.6 is 11.8 Å². The minimum atomic E-state index is 0.754. The van der Waals surface area contributed by atoms with E-state index in [4.69, 9.17) is 5.73 Å². The first-order valence-electron chi connectivity index (χ1n) is 5.73. The number of nitrogens with two attached hydrogens (primary N) is 1. The molecule has 1 atom stereocenters. The molecule has 1 aliphatic rings. The van der Waals surface area contributed by atoms with Crippen LogP contribution in [0.5, 0.6) is 0 Å². The third-order valence-electron chi connectivity index (χ3n) is 3.43. The van der Waals surface area contributed by atoms with Crippen LogP contribution in [0.15, 0.2) is 0 Å². The Morgan fingerprint density at radius 1 is 1.43 bits per heavy atom. The van der Waals surface area contributed by atoms with E-state index in [0.29, 0.717) is 0 Å².